The second kappa shape index (κ2) is 8.92. The summed E-state index contributed by atoms with van der Waals surface area (Å²) in [5, 5.41) is 5.58. The third-order valence-electron chi connectivity index (χ3n) is 3.99. The number of nitrogens with one attached hydrogen (secondary N) is 2. The van der Waals surface area contributed by atoms with Gasteiger partial charge in [0.05, 0.1) is 15.7 Å². The van der Waals surface area contributed by atoms with Crippen LogP contribution in [0.4, 0.5) is 17.1 Å². The van der Waals surface area contributed by atoms with Crippen molar-refractivity contribution < 1.29 is 9.59 Å². The zero-order valence-electron chi connectivity index (χ0n) is 14.9. The van der Waals surface area contributed by atoms with Gasteiger partial charge < -0.3 is 15.5 Å². The van der Waals surface area contributed by atoms with Crippen molar-refractivity contribution in [2.45, 2.75) is 20.8 Å². The van der Waals surface area contributed by atoms with Crippen LogP contribution >= 0.6 is 23.2 Å². The number of hydrogen-bond donors (Lipinski definition) is 2. The molecule has 0 atom stereocenters. The molecule has 2 amide bonds. The second-order valence-corrected chi connectivity index (χ2v) is 6.49. The van der Waals surface area contributed by atoms with Gasteiger partial charge in [-0.3, -0.25) is 9.59 Å². The fourth-order valence-electron chi connectivity index (χ4n) is 2.54. The number of benzene rings is 2. The molecule has 5 nitrogen and oxygen atoms in total. The Bertz CT molecular complexity index is 800. The maximum Gasteiger partial charge on any atom is 0.314 e. The number of hydrogen-bond acceptors (Lipinski definition) is 3. The number of nitrogens with zero attached hydrogens (tertiary/aromatic N) is 1. The summed E-state index contributed by atoms with van der Waals surface area (Å²) in [6, 6.07) is 10.5. The van der Waals surface area contributed by atoms with E-state index in [0.717, 1.165) is 24.3 Å². The number of carbonyl (C=O) groups excluding carboxylic acids is 2. The largest absolute Gasteiger partial charge is 0.372 e. The van der Waals surface area contributed by atoms with E-state index in [0.29, 0.717) is 5.69 Å². The van der Waals surface area contributed by atoms with E-state index >= 15 is 0 Å². The van der Waals surface area contributed by atoms with E-state index in [2.05, 4.69) is 29.4 Å². The van der Waals surface area contributed by atoms with E-state index in [4.69, 9.17) is 23.2 Å². The lowest BCUT2D eigenvalue weighted by molar-refractivity contribution is -0.133. The summed E-state index contributed by atoms with van der Waals surface area (Å²) in [7, 11) is 0. The first-order chi connectivity index (χ1) is 12.4. The normalized spacial score (nSPS) is 10.3. The first-order valence-electron chi connectivity index (χ1n) is 8.29. The molecule has 0 fully saturated rings. The van der Waals surface area contributed by atoms with Crippen molar-refractivity contribution in [3.05, 3.63) is 52.0 Å². The molecule has 0 aliphatic rings. The fourth-order valence-corrected chi connectivity index (χ4v) is 3.03. The van der Waals surface area contributed by atoms with Crippen LogP contribution < -0.4 is 15.5 Å². The van der Waals surface area contributed by atoms with Crippen molar-refractivity contribution in [3.63, 3.8) is 0 Å². The van der Waals surface area contributed by atoms with E-state index in [1.54, 1.807) is 24.3 Å². The Labute approximate surface area is 163 Å². The van der Waals surface area contributed by atoms with Crippen molar-refractivity contribution >= 4 is 52.1 Å². The summed E-state index contributed by atoms with van der Waals surface area (Å²) >= 11 is 12.0. The van der Waals surface area contributed by atoms with Crippen LogP contribution in [0, 0.1) is 6.92 Å². The van der Waals surface area contributed by atoms with Gasteiger partial charge in [-0.1, -0.05) is 29.3 Å². The van der Waals surface area contributed by atoms with E-state index in [-0.39, 0.29) is 15.7 Å². The minimum atomic E-state index is -0.841. The first kappa shape index (κ1) is 20.1. The standard InChI is InChI=1S/C19H21Cl2N3O2/c1-4-24(5-2)13-9-10-16(12(3)11-13)22-18(25)19(26)23-17-14(20)7-6-8-15(17)21/h6-11H,4-5H2,1-3H3,(H,22,25)(H,23,26). The molecule has 0 aliphatic heterocycles. The average Bonchev–Trinajstić information content (AvgIpc) is 2.61. The highest BCUT2D eigenvalue weighted by atomic mass is 35.5. The Morgan fingerprint density at radius 3 is 2.08 bits per heavy atom. The van der Waals surface area contributed by atoms with Gasteiger partial charge in [0.15, 0.2) is 0 Å². The smallest absolute Gasteiger partial charge is 0.314 e. The second-order valence-electron chi connectivity index (χ2n) is 5.68. The summed E-state index contributed by atoms with van der Waals surface area (Å²) in [6.45, 7) is 7.83. The molecule has 2 rings (SSSR count). The quantitative estimate of drug-likeness (QED) is 0.721. The number of carbonyl (C=O) groups is 2. The monoisotopic (exact) mass is 393 g/mol. The molecule has 0 spiro atoms. The van der Waals surface area contributed by atoms with Crippen molar-refractivity contribution in [2.24, 2.45) is 0 Å². The van der Waals surface area contributed by atoms with Crippen molar-refractivity contribution in [1.29, 1.82) is 0 Å². The van der Waals surface area contributed by atoms with Gasteiger partial charge in [0.1, 0.15) is 0 Å². The summed E-state index contributed by atoms with van der Waals surface area (Å²) in [5.41, 5.74) is 2.72. The van der Waals surface area contributed by atoms with E-state index in [1.807, 2.05) is 19.1 Å². The topological polar surface area (TPSA) is 61.4 Å². The highest BCUT2D eigenvalue weighted by Crippen LogP contribution is 2.29. The zero-order chi connectivity index (χ0) is 19.3. The van der Waals surface area contributed by atoms with Gasteiger partial charge in [-0.2, -0.15) is 0 Å². The lowest BCUT2D eigenvalue weighted by Gasteiger charge is -2.22. The SMILES string of the molecule is CCN(CC)c1ccc(NC(=O)C(=O)Nc2c(Cl)cccc2Cl)c(C)c1. The Morgan fingerprint density at radius 2 is 1.54 bits per heavy atom. The lowest BCUT2D eigenvalue weighted by atomic mass is 10.1. The molecule has 2 N–H and O–H groups in total. The fraction of sp³-hybridized carbons (Fsp3) is 0.263. The predicted octanol–water partition coefficient (Wildman–Crippen LogP) is 4.73. The van der Waals surface area contributed by atoms with Crippen LogP contribution in [-0.2, 0) is 9.59 Å². The molecule has 0 aromatic heterocycles. The molecule has 138 valence electrons. The van der Waals surface area contributed by atoms with Gasteiger partial charge in [0.2, 0.25) is 0 Å². The third kappa shape index (κ3) is 4.68. The molecule has 0 aliphatic carbocycles. The summed E-state index contributed by atoms with van der Waals surface area (Å²) in [5.74, 6) is -1.63. The predicted molar refractivity (Wildman–Crippen MR) is 108 cm³/mol. The van der Waals surface area contributed by atoms with Crippen LogP contribution in [0.15, 0.2) is 36.4 Å². The van der Waals surface area contributed by atoms with Crippen LogP contribution in [0.1, 0.15) is 19.4 Å². The number of amides is 2. The molecule has 0 saturated carbocycles. The Morgan fingerprint density at radius 1 is 0.962 bits per heavy atom. The number of anilines is 3. The molecule has 0 saturated heterocycles. The molecule has 2 aromatic carbocycles. The van der Waals surface area contributed by atoms with E-state index < -0.39 is 11.8 Å². The Kier molecular flexibility index (Phi) is 6.89. The zero-order valence-corrected chi connectivity index (χ0v) is 16.4. The van der Waals surface area contributed by atoms with Gasteiger partial charge in [-0.25, -0.2) is 0 Å². The number of para-hydroxylation sites is 1. The molecular weight excluding hydrogens is 373 g/mol. The Balaban J connectivity index is 2.10. The van der Waals surface area contributed by atoms with Gasteiger partial charge >= 0.3 is 11.8 Å². The van der Waals surface area contributed by atoms with E-state index in [1.165, 1.54) is 0 Å². The van der Waals surface area contributed by atoms with Crippen LogP contribution in [0.5, 0.6) is 0 Å². The maximum atomic E-state index is 12.2. The molecule has 0 heterocycles. The van der Waals surface area contributed by atoms with E-state index in [9.17, 15) is 9.59 Å². The summed E-state index contributed by atoms with van der Waals surface area (Å²) in [4.78, 5) is 26.6. The van der Waals surface area contributed by atoms with Crippen molar-refractivity contribution in [3.8, 4) is 0 Å². The Hall–Kier alpha value is -2.24. The number of aryl methyl sites for hydroxylation is 1. The third-order valence-corrected chi connectivity index (χ3v) is 4.62. The van der Waals surface area contributed by atoms with Gasteiger partial charge in [0.25, 0.3) is 0 Å². The van der Waals surface area contributed by atoms with Gasteiger partial charge in [0, 0.05) is 24.5 Å². The molecule has 0 unspecified atom stereocenters. The maximum absolute atomic E-state index is 12.2. The molecule has 7 heteroatoms. The average molecular weight is 394 g/mol. The van der Waals surface area contributed by atoms with Crippen LogP contribution in [0.3, 0.4) is 0 Å². The van der Waals surface area contributed by atoms with Crippen molar-refractivity contribution in [1.82, 2.24) is 0 Å². The number of rotatable bonds is 5. The minimum absolute atomic E-state index is 0.213. The number of halogens is 2. The molecular formula is C19H21Cl2N3O2. The summed E-state index contributed by atoms with van der Waals surface area (Å²) < 4.78 is 0. The first-order valence-corrected chi connectivity index (χ1v) is 9.04. The highest BCUT2D eigenvalue weighted by molar-refractivity contribution is 6.46. The van der Waals surface area contributed by atoms with Gasteiger partial charge in [-0.05, 0) is 56.7 Å². The van der Waals surface area contributed by atoms with Crippen LogP contribution in [-0.4, -0.2) is 24.9 Å². The molecule has 2 aromatic rings. The molecule has 0 bridgehead atoms. The molecule has 26 heavy (non-hydrogen) atoms. The van der Waals surface area contributed by atoms with Crippen LogP contribution in [0.25, 0.3) is 0 Å². The lowest BCUT2D eigenvalue weighted by Crippen LogP contribution is -2.29. The molecule has 0 radical (unpaired) electrons. The highest BCUT2D eigenvalue weighted by Gasteiger charge is 2.18. The summed E-state index contributed by atoms with van der Waals surface area (Å²) in [6.07, 6.45) is 0. The van der Waals surface area contributed by atoms with Crippen LogP contribution in [0.2, 0.25) is 10.0 Å². The van der Waals surface area contributed by atoms with Gasteiger partial charge in [-0.15, -0.1) is 0 Å². The van der Waals surface area contributed by atoms with Crippen molar-refractivity contribution in [2.75, 3.05) is 28.6 Å². The minimum Gasteiger partial charge on any atom is -0.372 e.